The predicted molar refractivity (Wildman–Crippen MR) is 68.8 cm³/mol. The summed E-state index contributed by atoms with van der Waals surface area (Å²) in [7, 11) is 0. The highest BCUT2D eigenvalue weighted by Crippen LogP contribution is 2.24. The first kappa shape index (κ1) is 14.5. The molecule has 0 bridgehead atoms. The van der Waals surface area contributed by atoms with E-state index in [0.29, 0.717) is 0 Å². The van der Waals surface area contributed by atoms with Crippen molar-refractivity contribution in [2.75, 3.05) is 0 Å². The Kier molecular flexibility index (Phi) is 4.14. The van der Waals surface area contributed by atoms with Gasteiger partial charge in [-0.05, 0) is 30.3 Å². The quantitative estimate of drug-likeness (QED) is 0.938. The van der Waals surface area contributed by atoms with Crippen LogP contribution in [0, 0.1) is 23.0 Å². The first-order valence-corrected chi connectivity index (χ1v) is 5.86. The van der Waals surface area contributed by atoms with E-state index in [2.05, 4.69) is 0 Å². The molecule has 2 rings (SSSR count). The van der Waals surface area contributed by atoms with Crippen molar-refractivity contribution < 1.29 is 23.4 Å². The zero-order chi connectivity index (χ0) is 15.4. The van der Waals surface area contributed by atoms with Crippen LogP contribution in [0.3, 0.4) is 0 Å². The minimum atomic E-state index is -1.35. The van der Waals surface area contributed by atoms with Gasteiger partial charge in [-0.3, -0.25) is 0 Å². The number of aromatic carboxylic acids is 1. The fraction of sp³-hybridized carbons (Fsp3) is 0.0667. The summed E-state index contributed by atoms with van der Waals surface area (Å²) < 4.78 is 32.3. The lowest BCUT2D eigenvalue weighted by molar-refractivity contribution is 0.0690. The fourth-order valence-electron chi connectivity index (χ4n) is 1.73. The van der Waals surface area contributed by atoms with Crippen molar-refractivity contribution in [1.29, 1.82) is 5.26 Å². The number of nitriles is 1. The Morgan fingerprint density at radius 2 is 2.00 bits per heavy atom. The van der Waals surface area contributed by atoms with Crippen LogP contribution in [0.25, 0.3) is 0 Å². The van der Waals surface area contributed by atoms with Crippen molar-refractivity contribution in [3.8, 4) is 11.8 Å². The lowest BCUT2D eigenvalue weighted by atomic mass is 10.1. The third kappa shape index (κ3) is 3.15. The number of benzene rings is 2. The number of para-hydroxylation sites is 1. The van der Waals surface area contributed by atoms with Crippen molar-refractivity contribution in [2.45, 2.75) is 6.61 Å². The maximum Gasteiger partial charge on any atom is 0.339 e. The molecule has 0 amide bonds. The van der Waals surface area contributed by atoms with Crippen molar-refractivity contribution in [3.05, 3.63) is 64.7 Å². The van der Waals surface area contributed by atoms with Gasteiger partial charge in [0.05, 0.1) is 11.6 Å². The highest BCUT2D eigenvalue weighted by atomic mass is 19.1. The Balaban J connectivity index is 2.29. The van der Waals surface area contributed by atoms with Crippen LogP contribution in [0.1, 0.15) is 21.5 Å². The number of hydrogen-bond acceptors (Lipinski definition) is 3. The topological polar surface area (TPSA) is 70.3 Å². The van der Waals surface area contributed by atoms with Crippen LogP contribution in [-0.2, 0) is 6.61 Å². The van der Waals surface area contributed by atoms with Gasteiger partial charge in [-0.1, -0.05) is 6.07 Å². The molecule has 0 spiro atoms. The van der Waals surface area contributed by atoms with E-state index in [1.807, 2.05) is 6.07 Å². The number of nitrogens with zero attached hydrogens (tertiary/aromatic N) is 1. The van der Waals surface area contributed by atoms with Crippen LogP contribution in [0.5, 0.6) is 5.75 Å². The molecule has 0 atom stereocenters. The average molecular weight is 289 g/mol. The summed E-state index contributed by atoms with van der Waals surface area (Å²) in [5.41, 5.74) is -0.0949. The molecule has 0 aliphatic carbocycles. The first-order valence-electron chi connectivity index (χ1n) is 5.86. The fourth-order valence-corrected chi connectivity index (χ4v) is 1.73. The minimum Gasteiger partial charge on any atom is -0.485 e. The van der Waals surface area contributed by atoms with Crippen molar-refractivity contribution in [1.82, 2.24) is 0 Å². The Hall–Kier alpha value is -2.94. The smallest absolute Gasteiger partial charge is 0.339 e. The van der Waals surface area contributed by atoms with Gasteiger partial charge in [0.1, 0.15) is 18.0 Å². The molecule has 6 heteroatoms. The minimum absolute atomic E-state index is 0.0358. The first-order chi connectivity index (χ1) is 10.0. The molecule has 1 N–H and O–H groups in total. The third-order valence-electron chi connectivity index (χ3n) is 2.74. The van der Waals surface area contributed by atoms with Gasteiger partial charge < -0.3 is 9.84 Å². The summed E-state index contributed by atoms with van der Waals surface area (Å²) in [5.74, 6) is -3.29. The second-order valence-electron chi connectivity index (χ2n) is 4.13. The maximum absolute atomic E-state index is 13.6. The van der Waals surface area contributed by atoms with Gasteiger partial charge in [0.2, 0.25) is 0 Å². The normalized spacial score (nSPS) is 9.95. The molecule has 2 aromatic rings. The lowest BCUT2D eigenvalue weighted by Crippen LogP contribution is -2.06. The van der Waals surface area contributed by atoms with Gasteiger partial charge >= 0.3 is 5.97 Å². The molecular weight excluding hydrogens is 280 g/mol. The molecule has 0 saturated heterocycles. The maximum atomic E-state index is 13.6. The van der Waals surface area contributed by atoms with Crippen LogP contribution in [0.2, 0.25) is 0 Å². The number of carboxylic acid groups (broad SMARTS) is 1. The van der Waals surface area contributed by atoms with E-state index >= 15 is 0 Å². The van der Waals surface area contributed by atoms with Crippen LogP contribution >= 0.6 is 0 Å². The second-order valence-corrected chi connectivity index (χ2v) is 4.13. The van der Waals surface area contributed by atoms with E-state index in [-0.39, 0.29) is 23.3 Å². The van der Waals surface area contributed by atoms with Gasteiger partial charge in [0.15, 0.2) is 11.6 Å². The standard InChI is InChI=1S/C15H9F2NO3/c16-12-5-4-9(7-18)6-10(12)8-21-14-11(15(19)20)2-1-3-13(14)17/h1-6H,8H2,(H,19,20). The molecule has 2 aromatic carbocycles. The third-order valence-corrected chi connectivity index (χ3v) is 2.74. The predicted octanol–water partition coefficient (Wildman–Crippen LogP) is 3.11. The Morgan fingerprint density at radius 3 is 2.67 bits per heavy atom. The van der Waals surface area contributed by atoms with E-state index in [1.165, 1.54) is 24.3 Å². The van der Waals surface area contributed by atoms with Crippen LogP contribution in [-0.4, -0.2) is 11.1 Å². The zero-order valence-corrected chi connectivity index (χ0v) is 10.6. The highest BCUT2D eigenvalue weighted by molar-refractivity contribution is 5.90. The monoisotopic (exact) mass is 289 g/mol. The molecule has 0 unspecified atom stereocenters. The van der Waals surface area contributed by atoms with E-state index in [9.17, 15) is 13.6 Å². The lowest BCUT2D eigenvalue weighted by Gasteiger charge is -2.10. The molecule has 0 fully saturated rings. The molecule has 4 nitrogen and oxygen atoms in total. The summed E-state index contributed by atoms with van der Waals surface area (Å²) in [6.07, 6.45) is 0. The zero-order valence-electron chi connectivity index (χ0n) is 10.6. The van der Waals surface area contributed by atoms with Crippen molar-refractivity contribution in [3.63, 3.8) is 0 Å². The van der Waals surface area contributed by atoms with Gasteiger partial charge in [0, 0.05) is 5.56 Å². The summed E-state index contributed by atoms with van der Waals surface area (Å²) in [4.78, 5) is 11.0. The largest absolute Gasteiger partial charge is 0.485 e. The number of ether oxygens (including phenoxy) is 1. The molecule has 0 heterocycles. The Bertz CT molecular complexity index is 738. The van der Waals surface area contributed by atoms with Gasteiger partial charge in [-0.2, -0.15) is 5.26 Å². The average Bonchev–Trinajstić information content (AvgIpc) is 2.47. The number of carboxylic acids is 1. The number of hydrogen-bond donors (Lipinski definition) is 1. The number of carbonyl (C=O) groups is 1. The van der Waals surface area contributed by atoms with Crippen molar-refractivity contribution in [2.24, 2.45) is 0 Å². The van der Waals surface area contributed by atoms with Gasteiger partial charge in [-0.15, -0.1) is 0 Å². The number of rotatable bonds is 4. The molecule has 0 aliphatic rings. The van der Waals surface area contributed by atoms with E-state index in [0.717, 1.165) is 12.1 Å². The summed E-state index contributed by atoms with van der Waals surface area (Å²) in [6.45, 7) is -0.386. The second kappa shape index (κ2) is 6.01. The molecule has 0 aromatic heterocycles. The van der Waals surface area contributed by atoms with E-state index < -0.39 is 23.4 Å². The molecule has 0 radical (unpaired) electrons. The summed E-state index contributed by atoms with van der Waals surface area (Å²) in [5, 5.41) is 17.7. The summed E-state index contributed by atoms with van der Waals surface area (Å²) >= 11 is 0. The Morgan fingerprint density at radius 1 is 1.24 bits per heavy atom. The SMILES string of the molecule is N#Cc1ccc(F)c(COc2c(F)cccc2C(=O)O)c1. The molecule has 21 heavy (non-hydrogen) atoms. The molecule has 106 valence electrons. The Labute approximate surface area is 118 Å². The van der Waals surface area contributed by atoms with Gasteiger partial charge in [0.25, 0.3) is 0 Å². The van der Waals surface area contributed by atoms with Crippen molar-refractivity contribution >= 4 is 5.97 Å². The van der Waals surface area contributed by atoms with Crippen LogP contribution in [0.4, 0.5) is 8.78 Å². The van der Waals surface area contributed by atoms with Crippen LogP contribution < -0.4 is 4.74 Å². The molecular formula is C15H9F2NO3. The van der Waals surface area contributed by atoms with Gasteiger partial charge in [-0.25, -0.2) is 13.6 Å². The van der Waals surface area contributed by atoms with Crippen LogP contribution in [0.15, 0.2) is 36.4 Å². The highest BCUT2D eigenvalue weighted by Gasteiger charge is 2.16. The molecule has 0 saturated carbocycles. The van der Waals surface area contributed by atoms with E-state index in [4.69, 9.17) is 15.1 Å². The van der Waals surface area contributed by atoms with E-state index in [1.54, 1.807) is 0 Å². The molecule has 0 aliphatic heterocycles. The summed E-state index contributed by atoms with van der Waals surface area (Å²) in [6, 6.07) is 8.96. The number of halogens is 2.